The van der Waals surface area contributed by atoms with Crippen LogP contribution in [0.25, 0.3) is 10.9 Å². The van der Waals surface area contributed by atoms with Gasteiger partial charge in [-0.15, -0.1) is 11.8 Å². The van der Waals surface area contributed by atoms with Crippen LogP contribution in [0.4, 0.5) is 0 Å². The molecule has 0 spiro atoms. The maximum Gasteiger partial charge on any atom is 0.162 e. The van der Waals surface area contributed by atoms with Gasteiger partial charge in [-0.3, -0.25) is 4.79 Å². The third-order valence-corrected chi connectivity index (χ3v) is 5.01. The predicted molar refractivity (Wildman–Crippen MR) is 103 cm³/mol. The highest BCUT2D eigenvalue weighted by atomic mass is 32.2. The molecule has 0 radical (unpaired) electrons. The fourth-order valence-corrected chi connectivity index (χ4v) is 3.35. The molecule has 3 rings (SSSR count). The van der Waals surface area contributed by atoms with E-state index in [2.05, 4.69) is 9.97 Å². The number of aliphatic hydroxyl groups is 1. The number of fused-ring (bicyclic) bond motifs is 1. The van der Waals surface area contributed by atoms with E-state index in [-0.39, 0.29) is 12.4 Å². The number of ether oxygens (including phenoxy) is 1. The summed E-state index contributed by atoms with van der Waals surface area (Å²) >= 11 is 1.48. The normalized spacial score (nSPS) is 12.1. The molecule has 0 unspecified atom stereocenters. The molecule has 1 aromatic heterocycles. The number of aromatic nitrogens is 2. The highest BCUT2D eigenvalue weighted by Gasteiger charge is 2.10. The fraction of sp³-hybridized carbons (Fsp3) is 0.250. The Balaban J connectivity index is 1.52. The Morgan fingerprint density at radius 2 is 1.92 bits per heavy atom. The number of carbonyl (C=O) groups excluding carboxylic acids is 1. The average molecular weight is 368 g/mol. The van der Waals surface area contributed by atoms with Crippen LogP contribution in [-0.4, -0.2) is 39.3 Å². The van der Waals surface area contributed by atoms with Gasteiger partial charge in [0.15, 0.2) is 5.78 Å². The molecule has 6 heteroatoms. The summed E-state index contributed by atoms with van der Waals surface area (Å²) in [5, 5.41) is 12.0. The van der Waals surface area contributed by atoms with E-state index in [1.807, 2.05) is 31.2 Å². The van der Waals surface area contributed by atoms with Crippen LogP contribution in [0.15, 0.2) is 59.9 Å². The molecule has 0 fully saturated rings. The number of hydrogen-bond acceptors (Lipinski definition) is 6. The zero-order valence-corrected chi connectivity index (χ0v) is 15.3. The molecule has 2 aromatic carbocycles. The number of benzene rings is 2. The lowest BCUT2D eigenvalue weighted by Crippen LogP contribution is -2.20. The van der Waals surface area contributed by atoms with Crippen molar-refractivity contribution in [2.24, 2.45) is 0 Å². The first-order valence-corrected chi connectivity index (χ1v) is 9.42. The van der Waals surface area contributed by atoms with Gasteiger partial charge in [0, 0.05) is 23.1 Å². The maximum absolute atomic E-state index is 11.6. The van der Waals surface area contributed by atoms with Gasteiger partial charge in [0.05, 0.1) is 11.6 Å². The van der Waals surface area contributed by atoms with E-state index in [0.29, 0.717) is 23.5 Å². The minimum Gasteiger partial charge on any atom is -0.491 e. The Morgan fingerprint density at radius 3 is 2.69 bits per heavy atom. The molecule has 26 heavy (non-hydrogen) atoms. The van der Waals surface area contributed by atoms with E-state index in [0.717, 1.165) is 15.9 Å². The lowest BCUT2D eigenvalue weighted by Gasteiger charge is -2.12. The molecule has 1 heterocycles. The summed E-state index contributed by atoms with van der Waals surface area (Å²) in [6.45, 7) is 2.01. The van der Waals surface area contributed by atoms with Crippen molar-refractivity contribution in [3.63, 3.8) is 0 Å². The van der Waals surface area contributed by atoms with Gasteiger partial charge in [-0.25, -0.2) is 9.97 Å². The van der Waals surface area contributed by atoms with E-state index in [1.165, 1.54) is 18.1 Å². The Bertz CT molecular complexity index is 878. The molecule has 0 amide bonds. The van der Waals surface area contributed by atoms with Gasteiger partial charge in [-0.05, 0) is 30.3 Å². The molecule has 3 aromatic rings. The second kappa shape index (κ2) is 8.78. The highest BCUT2D eigenvalue weighted by Crippen LogP contribution is 2.24. The fourth-order valence-electron chi connectivity index (χ4n) is 2.45. The van der Waals surface area contributed by atoms with E-state index in [1.54, 1.807) is 24.3 Å². The molecule has 0 saturated carbocycles. The van der Waals surface area contributed by atoms with Crippen molar-refractivity contribution in [2.45, 2.75) is 24.5 Å². The highest BCUT2D eigenvalue weighted by molar-refractivity contribution is 7.99. The summed E-state index contributed by atoms with van der Waals surface area (Å²) in [4.78, 5) is 20.1. The molecule has 0 aliphatic carbocycles. The third kappa shape index (κ3) is 4.59. The molecular formula is C20H20N2O3S. The molecule has 0 aliphatic heterocycles. The van der Waals surface area contributed by atoms with Crippen LogP contribution in [0.5, 0.6) is 5.75 Å². The average Bonchev–Trinajstić information content (AvgIpc) is 2.70. The quantitative estimate of drug-likeness (QED) is 0.371. The molecular weight excluding hydrogens is 348 g/mol. The first-order chi connectivity index (χ1) is 12.7. The van der Waals surface area contributed by atoms with Gasteiger partial charge >= 0.3 is 0 Å². The van der Waals surface area contributed by atoms with Crippen LogP contribution in [0.1, 0.15) is 23.7 Å². The minimum atomic E-state index is -0.634. The minimum absolute atomic E-state index is 0.102. The maximum atomic E-state index is 11.6. The first kappa shape index (κ1) is 18.4. The number of aliphatic hydroxyl groups excluding tert-OH is 1. The lowest BCUT2D eigenvalue weighted by molar-refractivity contribution is 0.0987. The molecule has 0 saturated heterocycles. The van der Waals surface area contributed by atoms with Gasteiger partial charge in [0.2, 0.25) is 0 Å². The monoisotopic (exact) mass is 368 g/mol. The third-order valence-electron chi connectivity index (χ3n) is 3.86. The van der Waals surface area contributed by atoms with Crippen LogP contribution in [0.2, 0.25) is 0 Å². The van der Waals surface area contributed by atoms with Crippen LogP contribution in [0.3, 0.4) is 0 Å². The van der Waals surface area contributed by atoms with Crippen LogP contribution >= 0.6 is 11.8 Å². The van der Waals surface area contributed by atoms with Crippen molar-refractivity contribution in [1.82, 2.24) is 9.97 Å². The molecule has 134 valence electrons. The van der Waals surface area contributed by atoms with Gasteiger partial charge in [0.25, 0.3) is 0 Å². The van der Waals surface area contributed by atoms with Gasteiger partial charge in [-0.1, -0.05) is 25.1 Å². The van der Waals surface area contributed by atoms with Crippen molar-refractivity contribution in [3.8, 4) is 5.75 Å². The SMILES string of the molecule is CCC(=O)c1ccc(OC[C@H](O)CSc2ncnc3ccccc23)cc1. The van der Waals surface area contributed by atoms with Crippen LogP contribution in [-0.2, 0) is 0 Å². The number of rotatable bonds is 8. The number of carbonyl (C=O) groups is 1. The van der Waals surface area contributed by atoms with Gasteiger partial charge in [-0.2, -0.15) is 0 Å². The number of ketones is 1. The summed E-state index contributed by atoms with van der Waals surface area (Å²) in [7, 11) is 0. The van der Waals surface area contributed by atoms with Gasteiger partial charge in [0.1, 0.15) is 23.7 Å². The Kier molecular flexibility index (Phi) is 6.20. The summed E-state index contributed by atoms with van der Waals surface area (Å²) in [6.07, 6.45) is 1.38. The Labute approximate surface area is 156 Å². The molecule has 0 bridgehead atoms. The van der Waals surface area contributed by atoms with Gasteiger partial charge < -0.3 is 9.84 Å². The van der Waals surface area contributed by atoms with E-state index in [4.69, 9.17) is 4.74 Å². The van der Waals surface area contributed by atoms with Crippen molar-refractivity contribution in [1.29, 1.82) is 0 Å². The van der Waals surface area contributed by atoms with Crippen molar-refractivity contribution in [3.05, 3.63) is 60.4 Å². The zero-order valence-electron chi connectivity index (χ0n) is 14.5. The lowest BCUT2D eigenvalue weighted by atomic mass is 10.1. The van der Waals surface area contributed by atoms with Crippen molar-refractivity contribution >= 4 is 28.4 Å². The van der Waals surface area contributed by atoms with Crippen LogP contribution in [0, 0.1) is 0 Å². The summed E-state index contributed by atoms with van der Waals surface area (Å²) in [6, 6.07) is 14.8. The smallest absolute Gasteiger partial charge is 0.162 e. The Morgan fingerprint density at radius 1 is 1.15 bits per heavy atom. The summed E-state index contributed by atoms with van der Waals surface area (Å²) < 4.78 is 5.60. The van der Waals surface area contributed by atoms with E-state index < -0.39 is 6.10 Å². The zero-order chi connectivity index (χ0) is 18.4. The van der Waals surface area contributed by atoms with Crippen LogP contribution < -0.4 is 4.74 Å². The standard InChI is InChI=1S/C20H20N2O3S/c1-2-19(24)14-7-9-16(10-8-14)25-11-15(23)12-26-20-17-5-3-4-6-18(17)21-13-22-20/h3-10,13,15,23H,2,11-12H2,1H3/t15-/m0/s1. The molecule has 1 N–H and O–H groups in total. The van der Waals surface area contributed by atoms with Crippen molar-refractivity contribution in [2.75, 3.05) is 12.4 Å². The van der Waals surface area contributed by atoms with E-state index >= 15 is 0 Å². The van der Waals surface area contributed by atoms with Crippen molar-refractivity contribution < 1.29 is 14.6 Å². The molecule has 5 nitrogen and oxygen atoms in total. The Hall–Kier alpha value is -2.44. The molecule has 0 aliphatic rings. The number of hydrogen-bond donors (Lipinski definition) is 1. The molecule has 1 atom stereocenters. The summed E-state index contributed by atoms with van der Waals surface area (Å²) in [5.41, 5.74) is 1.56. The largest absolute Gasteiger partial charge is 0.491 e. The first-order valence-electron chi connectivity index (χ1n) is 8.44. The number of Topliss-reactive ketones (excluding diaryl/α,β-unsaturated/α-hetero) is 1. The summed E-state index contributed by atoms with van der Waals surface area (Å²) in [5.74, 6) is 1.20. The number of thioether (sulfide) groups is 1. The predicted octanol–water partition coefficient (Wildman–Crippen LogP) is 3.75. The second-order valence-electron chi connectivity index (χ2n) is 5.77. The number of nitrogens with zero attached hydrogens (tertiary/aromatic N) is 2. The van der Waals surface area contributed by atoms with E-state index in [9.17, 15) is 9.90 Å². The number of para-hydroxylation sites is 1. The second-order valence-corrected chi connectivity index (χ2v) is 6.78. The topological polar surface area (TPSA) is 72.3 Å².